The molecule has 2 fully saturated rings. The van der Waals surface area contributed by atoms with E-state index >= 15 is 0 Å². The summed E-state index contributed by atoms with van der Waals surface area (Å²) in [7, 11) is 0. The summed E-state index contributed by atoms with van der Waals surface area (Å²) in [5.41, 5.74) is 0.884. The van der Waals surface area contributed by atoms with E-state index in [1.54, 1.807) is 25.7 Å². The van der Waals surface area contributed by atoms with Crippen LogP contribution in [0.4, 0.5) is 0 Å². The van der Waals surface area contributed by atoms with Gasteiger partial charge in [-0.3, -0.25) is 0 Å². The summed E-state index contributed by atoms with van der Waals surface area (Å²) in [6.45, 7) is 2.34. The first kappa shape index (κ1) is 6.69. The minimum atomic E-state index is 0.884. The van der Waals surface area contributed by atoms with Gasteiger partial charge in [-0.2, -0.15) is 0 Å². The first-order valence-electron chi connectivity index (χ1n) is 4.87. The quantitative estimate of drug-likeness (QED) is 0.561. The Kier molecular flexibility index (Phi) is 1.51. The van der Waals surface area contributed by atoms with Crippen molar-refractivity contribution in [2.24, 2.45) is 11.3 Å². The van der Waals surface area contributed by atoms with Crippen molar-refractivity contribution in [1.82, 2.24) is 0 Å². The van der Waals surface area contributed by atoms with Crippen LogP contribution in [-0.4, -0.2) is 0 Å². The smallest absolute Gasteiger partial charge is 0.0269 e. The first-order chi connectivity index (χ1) is 4.87. The highest BCUT2D eigenvalue weighted by molar-refractivity contribution is 4.98. The first-order valence-corrected chi connectivity index (χ1v) is 4.87. The number of rotatable bonds is 3. The third-order valence-electron chi connectivity index (χ3n) is 3.54. The third-order valence-corrected chi connectivity index (χ3v) is 3.54. The van der Waals surface area contributed by atoms with Crippen molar-refractivity contribution in [1.29, 1.82) is 0 Å². The molecule has 2 rings (SSSR count). The van der Waals surface area contributed by atoms with Crippen LogP contribution in [0.2, 0.25) is 0 Å². The molecule has 0 unspecified atom stereocenters. The molecule has 0 bridgehead atoms. The predicted molar refractivity (Wildman–Crippen MR) is 43.9 cm³/mol. The lowest BCUT2D eigenvalue weighted by atomic mass is 9.63. The third kappa shape index (κ3) is 0.889. The van der Waals surface area contributed by atoms with Gasteiger partial charge in [0.1, 0.15) is 0 Å². The minimum absolute atomic E-state index is 0.884. The van der Waals surface area contributed by atoms with Gasteiger partial charge in [0.15, 0.2) is 0 Å². The normalized spacial score (nSPS) is 29.7. The second kappa shape index (κ2) is 2.25. The molecule has 0 N–H and O–H groups in total. The Hall–Kier alpha value is 0. The number of hydrogen-bond acceptors (Lipinski definition) is 0. The van der Waals surface area contributed by atoms with Crippen molar-refractivity contribution in [2.45, 2.75) is 51.9 Å². The molecule has 2 aliphatic carbocycles. The fourth-order valence-corrected chi connectivity index (χ4v) is 2.69. The molecule has 0 aromatic carbocycles. The second-order valence-corrected chi connectivity index (χ2v) is 4.24. The largest absolute Gasteiger partial charge is 0.0654 e. The van der Waals surface area contributed by atoms with Crippen molar-refractivity contribution < 1.29 is 0 Å². The zero-order valence-corrected chi connectivity index (χ0v) is 7.03. The van der Waals surface area contributed by atoms with Gasteiger partial charge in [-0.1, -0.05) is 19.8 Å². The molecule has 58 valence electrons. The topological polar surface area (TPSA) is 0 Å². The van der Waals surface area contributed by atoms with E-state index in [1.807, 2.05) is 0 Å². The Morgan fingerprint density at radius 2 is 2.00 bits per heavy atom. The molecule has 0 spiro atoms. The van der Waals surface area contributed by atoms with Gasteiger partial charge in [0.05, 0.1) is 0 Å². The maximum atomic E-state index is 2.34. The van der Waals surface area contributed by atoms with Crippen molar-refractivity contribution in [3.63, 3.8) is 0 Å². The minimum Gasteiger partial charge on any atom is -0.0654 e. The summed E-state index contributed by atoms with van der Waals surface area (Å²) < 4.78 is 0. The van der Waals surface area contributed by atoms with Crippen LogP contribution >= 0.6 is 0 Å². The molecule has 0 saturated heterocycles. The van der Waals surface area contributed by atoms with Gasteiger partial charge in [0.2, 0.25) is 0 Å². The lowest BCUT2D eigenvalue weighted by molar-refractivity contribution is 0.0873. The Labute approximate surface area is 64.0 Å². The van der Waals surface area contributed by atoms with Crippen LogP contribution in [0.5, 0.6) is 0 Å². The van der Waals surface area contributed by atoms with Gasteiger partial charge in [-0.25, -0.2) is 0 Å². The highest BCUT2D eigenvalue weighted by atomic mass is 14.5. The van der Waals surface area contributed by atoms with E-state index in [9.17, 15) is 0 Å². The SMILES string of the molecule is CCCC1(C2CC2)CCC1. The molecule has 0 aliphatic heterocycles. The van der Waals surface area contributed by atoms with Crippen LogP contribution < -0.4 is 0 Å². The summed E-state index contributed by atoms with van der Waals surface area (Å²) in [5, 5.41) is 0. The Morgan fingerprint density at radius 3 is 2.30 bits per heavy atom. The lowest BCUT2D eigenvalue weighted by Crippen LogP contribution is -2.31. The standard InChI is InChI=1S/C10H18/c1-2-6-10(7-3-8-10)9-4-5-9/h9H,2-8H2,1H3. The summed E-state index contributed by atoms with van der Waals surface area (Å²) >= 11 is 0. The average Bonchev–Trinajstić information content (AvgIpc) is 2.60. The van der Waals surface area contributed by atoms with Crippen LogP contribution in [0.25, 0.3) is 0 Å². The summed E-state index contributed by atoms with van der Waals surface area (Å²) in [5.74, 6) is 1.17. The second-order valence-electron chi connectivity index (χ2n) is 4.24. The van der Waals surface area contributed by atoms with Crippen LogP contribution in [-0.2, 0) is 0 Å². The maximum Gasteiger partial charge on any atom is -0.0269 e. The highest BCUT2D eigenvalue weighted by Gasteiger charge is 2.47. The fourth-order valence-electron chi connectivity index (χ4n) is 2.69. The molecule has 0 nitrogen and oxygen atoms in total. The van der Waals surface area contributed by atoms with E-state index in [1.165, 1.54) is 25.2 Å². The molecule has 0 aromatic heterocycles. The fraction of sp³-hybridized carbons (Fsp3) is 1.00. The molecule has 0 aromatic rings. The lowest BCUT2D eigenvalue weighted by Gasteiger charge is -2.42. The van der Waals surface area contributed by atoms with E-state index in [-0.39, 0.29) is 0 Å². The van der Waals surface area contributed by atoms with Crippen LogP contribution in [0.3, 0.4) is 0 Å². The van der Waals surface area contributed by atoms with E-state index in [2.05, 4.69) is 6.92 Å². The zero-order valence-electron chi connectivity index (χ0n) is 7.03. The van der Waals surface area contributed by atoms with Gasteiger partial charge in [0, 0.05) is 0 Å². The molecule has 0 radical (unpaired) electrons. The van der Waals surface area contributed by atoms with Gasteiger partial charge in [-0.05, 0) is 43.4 Å². The molecule has 0 atom stereocenters. The van der Waals surface area contributed by atoms with Crippen molar-refractivity contribution in [3.05, 3.63) is 0 Å². The molecule has 0 heterocycles. The number of hydrogen-bond donors (Lipinski definition) is 0. The summed E-state index contributed by atoms with van der Waals surface area (Å²) in [4.78, 5) is 0. The van der Waals surface area contributed by atoms with E-state index in [4.69, 9.17) is 0 Å². The van der Waals surface area contributed by atoms with Crippen LogP contribution in [0.15, 0.2) is 0 Å². The van der Waals surface area contributed by atoms with Crippen molar-refractivity contribution in [3.8, 4) is 0 Å². The van der Waals surface area contributed by atoms with Gasteiger partial charge >= 0.3 is 0 Å². The molecule has 0 heteroatoms. The average molecular weight is 138 g/mol. The molecular weight excluding hydrogens is 120 g/mol. The monoisotopic (exact) mass is 138 g/mol. The molecule has 0 amide bonds. The van der Waals surface area contributed by atoms with Gasteiger partial charge in [-0.15, -0.1) is 0 Å². The highest BCUT2D eigenvalue weighted by Crippen LogP contribution is 2.59. The predicted octanol–water partition coefficient (Wildman–Crippen LogP) is 3.37. The van der Waals surface area contributed by atoms with E-state index < -0.39 is 0 Å². The van der Waals surface area contributed by atoms with Gasteiger partial charge in [0.25, 0.3) is 0 Å². The van der Waals surface area contributed by atoms with Crippen LogP contribution in [0.1, 0.15) is 51.9 Å². The Bertz CT molecular complexity index is 118. The Morgan fingerprint density at radius 1 is 1.30 bits per heavy atom. The van der Waals surface area contributed by atoms with Crippen molar-refractivity contribution >= 4 is 0 Å². The summed E-state index contributed by atoms with van der Waals surface area (Å²) in [6.07, 6.45) is 10.7. The van der Waals surface area contributed by atoms with Gasteiger partial charge < -0.3 is 0 Å². The van der Waals surface area contributed by atoms with Crippen molar-refractivity contribution in [2.75, 3.05) is 0 Å². The maximum absolute atomic E-state index is 2.34. The van der Waals surface area contributed by atoms with Crippen LogP contribution in [0, 0.1) is 11.3 Å². The molecule has 2 saturated carbocycles. The van der Waals surface area contributed by atoms with E-state index in [0.717, 1.165) is 5.41 Å². The zero-order chi connectivity index (χ0) is 7.03. The molecular formula is C10H18. The Balaban J connectivity index is 1.92. The summed E-state index contributed by atoms with van der Waals surface area (Å²) in [6, 6.07) is 0. The van der Waals surface area contributed by atoms with E-state index in [0.29, 0.717) is 0 Å². The molecule has 2 aliphatic rings. The molecule has 10 heavy (non-hydrogen) atoms.